The van der Waals surface area contributed by atoms with Gasteiger partial charge in [0.15, 0.2) is 6.21 Å². The first kappa shape index (κ1) is 13.5. The molecule has 0 aromatic heterocycles. The molecule has 1 aliphatic rings. The van der Waals surface area contributed by atoms with Crippen molar-refractivity contribution in [3.05, 3.63) is 58.9 Å². The van der Waals surface area contributed by atoms with Gasteiger partial charge >= 0.3 is 0 Å². The highest BCUT2D eigenvalue weighted by Crippen LogP contribution is 2.31. The lowest BCUT2D eigenvalue weighted by Crippen LogP contribution is -2.23. The van der Waals surface area contributed by atoms with Gasteiger partial charge in [0.05, 0.1) is 5.56 Å². The molecule has 0 unspecified atom stereocenters. The maximum atomic E-state index is 13.7. The second-order valence-electron chi connectivity index (χ2n) is 4.33. The Hall–Kier alpha value is -2.44. The van der Waals surface area contributed by atoms with Crippen LogP contribution in [0, 0.1) is 29.1 Å². The number of halogens is 5. The van der Waals surface area contributed by atoms with Crippen LogP contribution in [0.2, 0.25) is 0 Å². The van der Waals surface area contributed by atoms with Crippen LogP contribution in [0.5, 0.6) is 5.75 Å². The Balaban J connectivity index is 2.21. The molecule has 0 amide bonds. The fourth-order valence-corrected chi connectivity index (χ4v) is 2.04. The molecule has 0 saturated heterocycles. The lowest BCUT2D eigenvalue weighted by atomic mass is 10.2. The summed E-state index contributed by atoms with van der Waals surface area (Å²) >= 11 is 0. The van der Waals surface area contributed by atoms with Crippen molar-refractivity contribution in [2.75, 3.05) is 6.73 Å². The SMILES string of the molecule is Fc1c(F)c(F)c([N+]2=Cc3ccccc3OC2)c(F)c1F. The third-order valence-corrected chi connectivity index (χ3v) is 3.05. The summed E-state index contributed by atoms with van der Waals surface area (Å²) in [5, 5.41) is 0. The third-order valence-electron chi connectivity index (χ3n) is 3.05. The number of ether oxygens (including phenoxy) is 1. The van der Waals surface area contributed by atoms with E-state index in [0.29, 0.717) is 11.3 Å². The standard InChI is InChI=1S/C14H7F5NO/c15-9-10(16)12(18)14(13(19)11(9)17)20-5-7-3-1-2-4-8(7)21-6-20/h1-5H,6H2/q+1. The zero-order chi connectivity index (χ0) is 15.1. The number of benzene rings is 2. The predicted molar refractivity (Wildman–Crippen MR) is 63.3 cm³/mol. The van der Waals surface area contributed by atoms with Crippen LogP contribution < -0.4 is 4.74 Å². The van der Waals surface area contributed by atoms with E-state index < -0.39 is 34.8 Å². The summed E-state index contributed by atoms with van der Waals surface area (Å²) < 4.78 is 73.0. The summed E-state index contributed by atoms with van der Waals surface area (Å²) in [6.45, 7) is -0.366. The molecule has 108 valence electrons. The first-order valence-corrected chi connectivity index (χ1v) is 5.85. The molecule has 0 saturated carbocycles. The molecule has 7 heteroatoms. The van der Waals surface area contributed by atoms with E-state index in [4.69, 9.17) is 4.74 Å². The largest absolute Gasteiger partial charge is 0.435 e. The molecule has 0 radical (unpaired) electrons. The molecule has 2 nitrogen and oxygen atoms in total. The Labute approximate surface area is 115 Å². The molecule has 0 spiro atoms. The Bertz CT molecular complexity index is 743. The molecule has 2 aromatic rings. The molecule has 1 aliphatic heterocycles. The van der Waals surface area contributed by atoms with Gasteiger partial charge in [-0.2, -0.15) is 13.4 Å². The monoisotopic (exact) mass is 300 g/mol. The Kier molecular flexibility index (Phi) is 3.12. The summed E-state index contributed by atoms with van der Waals surface area (Å²) in [6.07, 6.45) is 1.26. The van der Waals surface area contributed by atoms with E-state index in [1.54, 1.807) is 24.3 Å². The van der Waals surface area contributed by atoms with Gasteiger partial charge in [0.1, 0.15) is 5.75 Å². The van der Waals surface area contributed by atoms with Gasteiger partial charge < -0.3 is 4.74 Å². The van der Waals surface area contributed by atoms with Crippen LogP contribution in [-0.4, -0.2) is 17.5 Å². The van der Waals surface area contributed by atoms with E-state index >= 15 is 0 Å². The van der Waals surface area contributed by atoms with E-state index in [9.17, 15) is 22.0 Å². The van der Waals surface area contributed by atoms with Crippen molar-refractivity contribution in [3.63, 3.8) is 0 Å². The fraction of sp³-hybridized carbons (Fsp3) is 0.0714. The molecular formula is C14H7F5NO+. The number of hydrogen-bond acceptors (Lipinski definition) is 1. The molecule has 0 atom stereocenters. The summed E-state index contributed by atoms with van der Waals surface area (Å²) in [5.74, 6) is -9.51. The van der Waals surface area contributed by atoms with Crippen LogP contribution in [0.15, 0.2) is 24.3 Å². The Morgan fingerprint density at radius 1 is 0.810 bits per heavy atom. The summed E-state index contributed by atoms with van der Waals surface area (Å²) in [6, 6.07) is 6.57. The van der Waals surface area contributed by atoms with Crippen molar-refractivity contribution in [2.45, 2.75) is 0 Å². The Morgan fingerprint density at radius 2 is 1.38 bits per heavy atom. The van der Waals surface area contributed by atoms with Crippen molar-refractivity contribution in [3.8, 4) is 5.75 Å². The van der Waals surface area contributed by atoms with Gasteiger partial charge in [-0.05, 0) is 12.1 Å². The smallest absolute Gasteiger partial charge is 0.292 e. The minimum atomic E-state index is -2.19. The van der Waals surface area contributed by atoms with Crippen LogP contribution in [0.4, 0.5) is 27.6 Å². The summed E-state index contributed by atoms with van der Waals surface area (Å²) in [7, 11) is 0. The van der Waals surface area contributed by atoms with Crippen molar-refractivity contribution >= 4 is 11.9 Å². The minimum absolute atomic E-state index is 0.366. The molecule has 0 aliphatic carbocycles. The number of nitrogens with zero attached hydrogens (tertiary/aromatic N) is 1. The number of para-hydroxylation sites is 1. The minimum Gasteiger partial charge on any atom is -0.435 e. The average molecular weight is 300 g/mol. The van der Waals surface area contributed by atoms with Crippen LogP contribution in [-0.2, 0) is 0 Å². The second kappa shape index (κ2) is 4.83. The first-order chi connectivity index (χ1) is 10.0. The van der Waals surface area contributed by atoms with Crippen LogP contribution in [0.25, 0.3) is 0 Å². The summed E-state index contributed by atoms with van der Waals surface area (Å²) in [4.78, 5) is 0. The van der Waals surface area contributed by atoms with Gasteiger partial charge in [-0.15, -0.1) is 0 Å². The molecule has 0 bridgehead atoms. The predicted octanol–water partition coefficient (Wildman–Crippen LogP) is 3.50. The number of fused-ring (bicyclic) bond motifs is 1. The van der Waals surface area contributed by atoms with E-state index in [0.717, 1.165) is 4.58 Å². The van der Waals surface area contributed by atoms with Crippen LogP contribution in [0.1, 0.15) is 5.56 Å². The molecule has 0 N–H and O–H groups in total. The maximum Gasteiger partial charge on any atom is 0.292 e. The van der Waals surface area contributed by atoms with Crippen molar-refractivity contribution in [2.24, 2.45) is 0 Å². The van der Waals surface area contributed by atoms with E-state index in [-0.39, 0.29) is 6.73 Å². The van der Waals surface area contributed by atoms with Crippen LogP contribution >= 0.6 is 0 Å². The van der Waals surface area contributed by atoms with Gasteiger partial charge in [0.2, 0.25) is 29.1 Å². The van der Waals surface area contributed by atoms with E-state index in [1.165, 1.54) is 6.21 Å². The quantitative estimate of drug-likeness (QED) is 0.340. The van der Waals surface area contributed by atoms with E-state index in [2.05, 4.69) is 0 Å². The maximum absolute atomic E-state index is 13.7. The van der Waals surface area contributed by atoms with Gasteiger partial charge in [-0.1, -0.05) is 12.1 Å². The van der Waals surface area contributed by atoms with Gasteiger partial charge in [-0.25, -0.2) is 13.2 Å². The van der Waals surface area contributed by atoms with Gasteiger partial charge in [0.25, 0.3) is 12.4 Å². The van der Waals surface area contributed by atoms with Crippen LogP contribution in [0.3, 0.4) is 0 Å². The second-order valence-corrected chi connectivity index (χ2v) is 4.33. The fourth-order valence-electron chi connectivity index (χ4n) is 2.04. The highest BCUT2D eigenvalue weighted by atomic mass is 19.2. The molecule has 3 rings (SSSR count). The normalized spacial score (nSPS) is 13.5. The zero-order valence-corrected chi connectivity index (χ0v) is 10.3. The first-order valence-electron chi connectivity index (χ1n) is 5.85. The van der Waals surface area contributed by atoms with Crippen molar-refractivity contribution in [1.29, 1.82) is 0 Å². The van der Waals surface area contributed by atoms with Crippen molar-refractivity contribution < 1.29 is 31.3 Å². The van der Waals surface area contributed by atoms with E-state index in [1.807, 2.05) is 0 Å². The Morgan fingerprint density at radius 3 is 2.05 bits per heavy atom. The molecule has 21 heavy (non-hydrogen) atoms. The van der Waals surface area contributed by atoms with Crippen molar-refractivity contribution in [1.82, 2.24) is 0 Å². The van der Waals surface area contributed by atoms with Gasteiger partial charge in [-0.3, -0.25) is 0 Å². The average Bonchev–Trinajstić information content (AvgIpc) is 2.51. The van der Waals surface area contributed by atoms with Gasteiger partial charge in [0, 0.05) is 0 Å². The lowest BCUT2D eigenvalue weighted by Gasteiger charge is -2.14. The summed E-state index contributed by atoms with van der Waals surface area (Å²) in [5.41, 5.74) is -0.575. The number of rotatable bonds is 1. The molecule has 1 heterocycles. The molecular weight excluding hydrogens is 293 g/mol. The molecule has 2 aromatic carbocycles. The number of hydrogen-bond donors (Lipinski definition) is 0. The molecule has 0 fully saturated rings. The third kappa shape index (κ3) is 2.05. The highest BCUT2D eigenvalue weighted by molar-refractivity contribution is 5.81. The highest BCUT2D eigenvalue weighted by Gasteiger charge is 2.34. The topological polar surface area (TPSA) is 12.2 Å². The lowest BCUT2D eigenvalue weighted by molar-refractivity contribution is -0.480. The zero-order valence-electron chi connectivity index (χ0n) is 10.3.